The molecule has 0 saturated carbocycles. The molecule has 0 aliphatic rings. The van der Waals surface area contributed by atoms with Crippen LogP contribution in [0.4, 0.5) is 0 Å². The average molecular weight is 217 g/mol. The fourth-order valence-corrected chi connectivity index (χ4v) is 1.72. The van der Waals surface area contributed by atoms with Crippen molar-refractivity contribution in [2.45, 2.75) is 26.7 Å². The molecule has 88 valence electrons. The summed E-state index contributed by atoms with van der Waals surface area (Å²) in [6.07, 6.45) is 6.88. The Labute approximate surface area is 99.8 Å². The SMILES string of the molecule is CCN(CC)CC=CCCc1ccccc1. The molecule has 0 radical (unpaired) electrons. The Morgan fingerprint density at radius 3 is 2.31 bits per heavy atom. The van der Waals surface area contributed by atoms with E-state index in [1.807, 2.05) is 0 Å². The number of allylic oxidation sites excluding steroid dienone is 1. The van der Waals surface area contributed by atoms with E-state index in [-0.39, 0.29) is 0 Å². The van der Waals surface area contributed by atoms with Crippen LogP contribution in [0.15, 0.2) is 42.5 Å². The van der Waals surface area contributed by atoms with Gasteiger partial charge in [0.1, 0.15) is 0 Å². The molecule has 1 heteroatoms. The molecule has 0 N–H and O–H groups in total. The molecule has 0 aromatic heterocycles. The van der Waals surface area contributed by atoms with E-state index in [0.717, 1.165) is 32.5 Å². The molecular formula is C15H23N. The van der Waals surface area contributed by atoms with Crippen LogP contribution in [0, 0.1) is 0 Å². The van der Waals surface area contributed by atoms with Crippen LogP contribution in [-0.4, -0.2) is 24.5 Å². The first-order chi connectivity index (χ1) is 7.86. The van der Waals surface area contributed by atoms with E-state index in [1.54, 1.807) is 0 Å². The van der Waals surface area contributed by atoms with Crippen LogP contribution >= 0.6 is 0 Å². The monoisotopic (exact) mass is 217 g/mol. The Balaban J connectivity index is 2.18. The van der Waals surface area contributed by atoms with Crippen molar-refractivity contribution in [3.05, 3.63) is 48.0 Å². The Morgan fingerprint density at radius 2 is 1.69 bits per heavy atom. The molecule has 1 rings (SSSR count). The summed E-state index contributed by atoms with van der Waals surface area (Å²) in [5.74, 6) is 0. The fraction of sp³-hybridized carbons (Fsp3) is 0.467. The summed E-state index contributed by atoms with van der Waals surface area (Å²) in [5, 5.41) is 0. The molecule has 1 aromatic rings. The fourth-order valence-electron chi connectivity index (χ4n) is 1.72. The predicted octanol–water partition coefficient (Wildman–Crippen LogP) is 3.52. The standard InChI is InChI=1S/C15H23N/c1-3-16(4-2)14-10-6-9-13-15-11-7-5-8-12-15/h5-8,10-12H,3-4,9,13-14H2,1-2H3. The smallest absolute Gasteiger partial charge is 0.0162 e. The van der Waals surface area contributed by atoms with E-state index >= 15 is 0 Å². The average Bonchev–Trinajstić information content (AvgIpc) is 2.35. The van der Waals surface area contributed by atoms with Crippen molar-refractivity contribution in [2.24, 2.45) is 0 Å². The second-order valence-corrected chi connectivity index (χ2v) is 3.98. The molecule has 0 spiro atoms. The Kier molecular flexibility index (Phi) is 6.59. The lowest BCUT2D eigenvalue weighted by atomic mass is 10.1. The highest BCUT2D eigenvalue weighted by Crippen LogP contribution is 2.02. The van der Waals surface area contributed by atoms with Crippen LogP contribution in [0.25, 0.3) is 0 Å². The zero-order valence-corrected chi connectivity index (χ0v) is 10.5. The highest BCUT2D eigenvalue weighted by atomic mass is 15.1. The predicted molar refractivity (Wildman–Crippen MR) is 71.7 cm³/mol. The van der Waals surface area contributed by atoms with Crippen LogP contribution in [0.2, 0.25) is 0 Å². The van der Waals surface area contributed by atoms with Gasteiger partial charge in [0.15, 0.2) is 0 Å². The number of likely N-dealkylation sites (N-methyl/N-ethyl adjacent to an activating group) is 1. The number of aryl methyl sites for hydroxylation is 1. The molecule has 1 aromatic carbocycles. The second kappa shape index (κ2) is 8.12. The third-order valence-electron chi connectivity index (χ3n) is 2.87. The summed E-state index contributed by atoms with van der Waals surface area (Å²) in [4.78, 5) is 2.42. The van der Waals surface area contributed by atoms with E-state index in [2.05, 4.69) is 61.2 Å². The van der Waals surface area contributed by atoms with Crippen LogP contribution in [0.1, 0.15) is 25.8 Å². The van der Waals surface area contributed by atoms with Gasteiger partial charge in [-0.15, -0.1) is 0 Å². The van der Waals surface area contributed by atoms with Gasteiger partial charge in [0.05, 0.1) is 0 Å². The van der Waals surface area contributed by atoms with Gasteiger partial charge in [-0.3, -0.25) is 0 Å². The van der Waals surface area contributed by atoms with Crippen LogP contribution in [-0.2, 0) is 6.42 Å². The van der Waals surface area contributed by atoms with Gasteiger partial charge in [-0.05, 0) is 31.5 Å². The minimum atomic E-state index is 1.09. The number of benzene rings is 1. The van der Waals surface area contributed by atoms with Crippen molar-refractivity contribution >= 4 is 0 Å². The lowest BCUT2D eigenvalue weighted by Crippen LogP contribution is -2.22. The van der Waals surface area contributed by atoms with Gasteiger partial charge < -0.3 is 4.90 Å². The van der Waals surface area contributed by atoms with E-state index < -0.39 is 0 Å². The molecule has 1 nitrogen and oxygen atoms in total. The van der Waals surface area contributed by atoms with Gasteiger partial charge in [0, 0.05) is 6.54 Å². The molecule has 0 fully saturated rings. The number of hydrogen-bond acceptors (Lipinski definition) is 1. The first-order valence-corrected chi connectivity index (χ1v) is 6.28. The van der Waals surface area contributed by atoms with E-state index in [4.69, 9.17) is 0 Å². The molecule has 0 aliphatic carbocycles. The molecule has 0 saturated heterocycles. The van der Waals surface area contributed by atoms with Gasteiger partial charge in [0.25, 0.3) is 0 Å². The molecule has 0 heterocycles. The quantitative estimate of drug-likeness (QED) is 0.632. The maximum atomic E-state index is 2.42. The molecule has 16 heavy (non-hydrogen) atoms. The number of rotatable bonds is 7. The number of hydrogen-bond donors (Lipinski definition) is 0. The molecule has 0 atom stereocenters. The van der Waals surface area contributed by atoms with Crippen molar-refractivity contribution in [1.29, 1.82) is 0 Å². The molecule has 0 aliphatic heterocycles. The number of nitrogens with zero attached hydrogens (tertiary/aromatic N) is 1. The van der Waals surface area contributed by atoms with Gasteiger partial charge in [-0.25, -0.2) is 0 Å². The summed E-state index contributed by atoms with van der Waals surface area (Å²) in [5.41, 5.74) is 1.43. The highest BCUT2D eigenvalue weighted by molar-refractivity contribution is 5.15. The van der Waals surface area contributed by atoms with Crippen molar-refractivity contribution in [3.63, 3.8) is 0 Å². The van der Waals surface area contributed by atoms with Crippen LogP contribution in [0.5, 0.6) is 0 Å². The van der Waals surface area contributed by atoms with Gasteiger partial charge in [-0.1, -0.05) is 56.3 Å². The maximum absolute atomic E-state index is 2.42. The Hall–Kier alpha value is -1.08. The van der Waals surface area contributed by atoms with Gasteiger partial charge >= 0.3 is 0 Å². The third kappa shape index (κ3) is 5.13. The lowest BCUT2D eigenvalue weighted by molar-refractivity contribution is 0.337. The Bertz CT molecular complexity index is 286. The first-order valence-electron chi connectivity index (χ1n) is 6.28. The second-order valence-electron chi connectivity index (χ2n) is 3.98. The Morgan fingerprint density at radius 1 is 1.00 bits per heavy atom. The van der Waals surface area contributed by atoms with Crippen molar-refractivity contribution in [1.82, 2.24) is 4.90 Å². The van der Waals surface area contributed by atoms with Gasteiger partial charge in [0.2, 0.25) is 0 Å². The zero-order chi connectivity index (χ0) is 11.6. The maximum Gasteiger partial charge on any atom is 0.0162 e. The summed E-state index contributed by atoms with van der Waals surface area (Å²) < 4.78 is 0. The van der Waals surface area contributed by atoms with Gasteiger partial charge in [-0.2, -0.15) is 0 Å². The summed E-state index contributed by atoms with van der Waals surface area (Å²) in [7, 11) is 0. The summed E-state index contributed by atoms with van der Waals surface area (Å²) in [6, 6.07) is 10.7. The largest absolute Gasteiger partial charge is 0.300 e. The zero-order valence-electron chi connectivity index (χ0n) is 10.5. The lowest BCUT2D eigenvalue weighted by Gasteiger charge is -2.14. The summed E-state index contributed by atoms with van der Waals surface area (Å²) >= 11 is 0. The normalized spacial score (nSPS) is 11.4. The van der Waals surface area contributed by atoms with Crippen molar-refractivity contribution in [2.75, 3.05) is 19.6 Å². The topological polar surface area (TPSA) is 3.24 Å². The molecular weight excluding hydrogens is 194 g/mol. The third-order valence-corrected chi connectivity index (χ3v) is 2.87. The first kappa shape index (κ1) is 13.0. The van der Waals surface area contributed by atoms with Crippen LogP contribution in [0.3, 0.4) is 0 Å². The minimum Gasteiger partial charge on any atom is -0.300 e. The molecule has 0 amide bonds. The van der Waals surface area contributed by atoms with E-state index in [9.17, 15) is 0 Å². The minimum absolute atomic E-state index is 1.09. The van der Waals surface area contributed by atoms with E-state index in [1.165, 1.54) is 5.56 Å². The van der Waals surface area contributed by atoms with Crippen LogP contribution < -0.4 is 0 Å². The molecule has 0 bridgehead atoms. The van der Waals surface area contributed by atoms with E-state index in [0.29, 0.717) is 0 Å². The molecule has 0 unspecified atom stereocenters. The van der Waals surface area contributed by atoms with Crippen molar-refractivity contribution < 1.29 is 0 Å². The summed E-state index contributed by atoms with van der Waals surface area (Å²) in [6.45, 7) is 7.78. The highest BCUT2D eigenvalue weighted by Gasteiger charge is 1.93. The van der Waals surface area contributed by atoms with Crippen molar-refractivity contribution in [3.8, 4) is 0 Å².